The molecule has 1 aliphatic carbocycles. The minimum absolute atomic E-state index is 0.515. The van der Waals surface area contributed by atoms with E-state index in [0.717, 1.165) is 11.4 Å². The molecule has 1 fully saturated rings. The van der Waals surface area contributed by atoms with Crippen LogP contribution in [0.4, 0.5) is 5.69 Å². The number of H-pyrrole nitrogens is 1. The zero-order chi connectivity index (χ0) is 13.9. The Bertz CT molecular complexity index is 539. The van der Waals surface area contributed by atoms with Crippen LogP contribution in [-0.2, 0) is 0 Å². The van der Waals surface area contributed by atoms with Gasteiger partial charge in [0.2, 0.25) is 0 Å². The molecule has 0 aliphatic heterocycles. The van der Waals surface area contributed by atoms with E-state index in [0.29, 0.717) is 12.0 Å². The third kappa shape index (κ3) is 2.58. The molecule has 3 heteroatoms. The minimum atomic E-state index is 0.515. The first-order valence-corrected chi connectivity index (χ1v) is 7.59. The van der Waals surface area contributed by atoms with Gasteiger partial charge >= 0.3 is 0 Å². The van der Waals surface area contributed by atoms with Gasteiger partial charge in [0.05, 0.1) is 17.1 Å². The molecule has 20 heavy (non-hydrogen) atoms. The van der Waals surface area contributed by atoms with Gasteiger partial charge < -0.3 is 5.32 Å². The van der Waals surface area contributed by atoms with Crippen LogP contribution < -0.4 is 5.32 Å². The van der Waals surface area contributed by atoms with Crippen LogP contribution >= 0.6 is 0 Å². The van der Waals surface area contributed by atoms with E-state index >= 15 is 0 Å². The van der Waals surface area contributed by atoms with E-state index in [1.807, 2.05) is 0 Å². The van der Waals surface area contributed by atoms with E-state index in [1.165, 1.54) is 36.9 Å². The van der Waals surface area contributed by atoms with E-state index in [9.17, 15) is 0 Å². The molecule has 2 unspecified atom stereocenters. The van der Waals surface area contributed by atoms with E-state index in [1.54, 1.807) is 0 Å². The first-order chi connectivity index (χ1) is 9.75. The summed E-state index contributed by atoms with van der Waals surface area (Å²) < 4.78 is 0. The highest BCUT2D eigenvalue weighted by Crippen LogP contribution is 2.35. The molecule has 0 radical (unpaired) electrons. The Balaban J connectivity index is 1.83. The summed E-state index contributed by atoms with van der Waals surface area (Å²) in [6.07, 6.45) is 5.17. The molecular formula is C17H23N3. The second-order valence-corrected chi connectivity index (χ2v) is 5.86. The zero-order valence-electron chi connectivity index (χ0n) is 12.3. The molecule has 1 aromatic heterocycles. The molecule has 2 N–H and O–H groups in total. The number of nitrogens with one attached hydrogen (secondary N) is 2. The number of rotatable bonds is 3. The summed E-state index contributed by atoms with van der Waals surface area (Å²) in [5.74, 6) is 0.610. The lowest BCUT2D eigenvalue weighted by molar-refractivity contribution is 0.405. The molecule has 0 spiro atoms. The van der Waals surface area contributed by atoms with Gasteiger partial charge in [-0.3, -0.25) is 5.10 Å². The van der Waals surface area contributed by atoms with Gasteiger partial charge in [0, 0.05) is 12.0 Å². The first-order valence-electron chi connectivity index (χ1n) is 7.59. The second-order valence-electron chi connectivity index (χ2n) is 5.86. The second kappa shape index (κ2) is 5.70. The van der Waals surface area contributed by atoms with Gasteiger partial charge in [-0.2, -0.15) is 5.10 Å². The van der Waals surface area contributed by atoms with Crippen molar-refractivity contribution >= 4 is 5.69 Å². The number of hydrogen-bond acceptors (Lipinski definition) is 2. The van der Waals surface area contributed by atoms with Crippen LogP contribution in [0.2, 0.25) is 0 Å². The highest BCUT2D eigenvalue weighted by molar-refractivity contribution is 5.52. The van der Waals surface area contributed by atoms with Gasteiger partial charge in [-0.15, -0.1) is 0 Å². The maximum absolute atomic E-state index is 4.29. The van der Waals surface area contributed by atoms with E-state index < -0.39 is 0 Å². The summed E-state index contributed by atoms with van der Waals surface area (Å²) in [4.78, 5) is 0. The average molecular weight is 269 g/mol. The lowest BCUT2D eigenvalue weighted by Crippen LogP contribution is -2.31. The normalized spacial score (nSPS) is 22.7. The standard InChI is InChI=1S/C17H23N3/c1-12-17(13(2)20-19-12)18-16-11-7-6-10-15(16)14-8-4-3-5-9-14/h3-5,8-9,15-16,18H,6-7,10-11H2,1-2H3,(H,19,20). The summed E-state index contributed by atoms with van der Waals surface area (Å²) in [5.41, 5.74) is 4.86. The lowest BCUT2D eigenvalue weighted by atomic mass is 9.80. The number of aromatic amines is 1. The number of aryl methyl sites for hydroxylation is 2. The Morgan fingerprint density at radius 3 is 2.55 bits per heavy atom. The van der Waals surface area contributed by atoms with Gasteiger partial charge in [-0.05, 0) is 32.3 Å². The monoisotopic (exact) mass is 269 g/mol. The molecule has 1 aromatic carbocycles. The van der Waals surface area contributed by atoms with Crippen LogP contribution in [0, 0.1) is 13.8 Å². The third-order valence-electron chi connectivity index (χ3n) is 4.45. The smallest absolute Gasteiger partial charge is 0.0825 e. The molecule has 1 saturated carbocycles. The molecule has 0 saturated heterocycles. The molecular weight excluding hydrogens is 246 g/mol. The molecule has 2 atom stereocenters. The van der Waals surface area contributed by atoms with Crippen LogP contribution in [0.15, 0.2) is 30.3 Å². The van der Waals surface area contributed by atoms with Crippen molar-refractivity contribution in [3.05, 3.63) is 47.3 Å². The maximum Gasteiger partial charge on any atom is 0.0825 e. The largest absolute Gasteiger partial charge is 0.379 e. The summed E-state index contributed by atoms with van der Waals surface area (Å²) in [6, 6.07) is 11.4. The van der Waals surface area contributed by atoms with E-state index in [4.69, 9.17) is 0 Å². The minimum Gasteiger partial charge on any atom is -0.379 e. The zero-order valence-corrected chi connectivity index (χ0v) is 12.3. The first kappa shape index (κ1) is 13.2. The molecule has 1 heterocycles. The predicted molar refractivity (Wildman–Crippen MR) is 83.1 cm³/mol. The van der Waals surface area contributed by atoms with Crippen LogP contribution in [0.5, 0.6) is 0 Å². The molecule has 2 aromatic rings. The lowest BCUT2D eigenvalue weighted by Gasteiger charge is -2.33. The Kier molecular flexibility index (Phi) is 3.77. The van der Waals surface area contributed by atoms with Crippen LogP contribution in [0.1, 0.15) is 48.6 Å². The Morgan fingerprint density at radius 1 is 1.10 bits per heavy atom. The Labute approximate surface area is 120 Å². The van der Waals surface area contributed by atoms with Gasteiger partial charge in [-0.25, -0.2) is 0 Å². The van der Waals surface area contributed by atoms with Crippen LogP contribution in [0.25, 0.3) is 0 Å². The van der Waals surface area contributed by atoms with Crippen molar-refractivity contribution in [1.82, 2.24) is 10.2 Å². The number of nitrogens with zero attached hydrogens (tertiary/aromatic N) is 1. The third-order valence-corrected chi connectivity index (χ3v) is 4.45. The summed E-state index contributed by atoms with van der Waals surface area (Å²) in [7, 11) is 0. The van der Waals surface area contributed by atoms with Gasteiger partial charge in [-0.1, -0.05) is 43.2 Å². The Hall–Kier alpha value is -1.77. The molecule has 106 valence electrons. The number of anilines is 1. The van der Waals surface area contributed by atoms with E-state index in [2.05, 4.69) is 59.7 Å². The Morgan fingerprint density at radius 2 is 1.85 bits per heavy atom. The SMILES string of the molecule is Cc1n[nH]c(C)c1NC1CCCCC1c1ccccc1. The number of aromatic nitrogens is 2. The molecule has 3 nitrogen and oxygen atoms in total. The number of benzene rings is 1. The van der Waals surface area contributed by atoms with Crippen molar-refractivity contribution in [3.63, 3.8) is 0 Å². The van der Waals surface area contributed by atoms with Crippen molar-refractivity contribution in [2.24, 2.45) is 0 Å². The van der Waals surface area contributed by atoms with E-state index in [-0.39, 0.29) is 0 Å². The fourth-order valence-corrected chi connectivity index (χ4v) is 3.35. The number of hydrogen-bond donors (Lipinski definition) is 2. The maximum atomic E-state index is 4.29. The molecule has 1 aliphatic rings. The summed E-state index contributed by atoms with van der Waals surface area (Å²) in [6.45, 7) is 4.15. The average Bonchev–Trinajstić information content (AvgIpc) is 2.81. The van der Waals surface area contributed by atoms with Crippen molar-refractivity contribution < 1.29 is 0 Å². The van der Waals surface area contributed by atoms with Crippen molar-refractivity contribution in [3.8, 4) is 0 Å². The molecule has 0 amide bonds. The highest BCUT2D eigenvalue weighted by Gasteiger charge is 2.27. The van der Waals surface area contributed by atoms with Crippen molar-refractivity contribution in [2.45, 2.75) is 51.5 Å². The fourth-order valence-electron chi connectivity index (χ4n) is 3.35. The van der Waals surface area contributed by atoms with Crippen molar-refractivity contribution in [2.75, 3.05) is 5.32 Å². The van der Waals surface area contributed by atoms with Crippen molar-refractivity contribution in [1.29, 1.82) is 0 Å². The van der Waals surface area contributed by atoms with Gasteiger partial charge in [0.15, 0.2) is 0 Å². The summed E-state index contributed by atoms with van der Waals surface area (Å²) in [5, 5.41) is 11.1. The molecule has 0 bridgehead atoms. The predicted octanol–water partition coefficient (Wildman–Crippen LogP) is 4.16. The fraction of sp³-hybridized carbons (Fsp3) is 0.471. The van der Waals surface area contributed by atoms with Gasteiger partial charge in [0.25, 0.3) is 0 Å². The van der Waals surface area contributed by atoms with Crippen LogP contribution in [-0.4, -0.2) is 16.2 Å². The quantitative estimate of drug-likeness (QED) is 0.878. The van der Waals surface area contributed by atoms with Crippen LogP contribution in [0.3, 0.4) is 0 Å². The topological polar surface area (TPSA) is 40.7 Å². The highest BCUT2D eigenvalue weighted by atomic mass is 15.2. The summed E-state index contributed by atoms with van der Waals surface area (Å²) >= 11 is 0. The van der Waals surface area contributed by atoms with Gasteiger partial charge in [0.1, 0.15) is 0 Å². The molecule has 3 rings (SSSR count).